The summed E-state index contributed by atoms with van der Waals surface area (Å²) in [4.78, 5) is 103. The van der Waals surface area contributed by atoms with Crippen molar-refractivity contribution in [2.24, 2.45) is 35.3 Å². The summed E-state index contributed by atoms with van der Waals surface area (Å²) in [5, 5.41) is 67.6. The summed E-state index contributed by atoms with van der Waals surface area (Å²) < 4.78 is 129. The van der Waals surface area contributed by atoms with Gasteiger partial charge in [0, 0.05) is 132 Å². The number of hydrogen-bond donors (Lipinski definition) is 14. The number of nitrogens with one attached hydrogen (secondary N) is 12. The zero-order valence-electron chi connectivity index (χ0n) is 81.8. The maximum atomic E-state index is 14.8. The molecule has 47 heteroatoms. The molecule has 790 valence electrons. The van der Waals surface area contributed by atoms with Crippen LogP contribution in [0.4, 0.5) is 70.4 Å². The van der Waals surface area contributed by atoms with Crippen molar-refractivity contribution in [2.75, 3.05) is 80.4 Å². The monoisotopic (exact) mass is 2080 g/mol. The van der Waals surface area contributed by atoms with Gasteiger partial charge >= 0.3 is 47.4 Å². The van der Waals surface area contributed by atoms with Gasteiger partial charge in [-0.3, -0.25) is 64.8 Å². The summed E-state index contributed by atoms with van der Waals surface area (Å²) in [7, 11) is 0. The molecule has 15 N–H and O–H groups in total. The van der Waals surface area contributed by atoms with Gasteiger partial charge in [0.2, 0.25) is 0 Å². The van der Waals surface area contributed by atoms with E-state index in [1.54, 1.807) is 110 Å². The Kier molecular flexibility index (Phi) is 41.6. The van der Waals surface area contributed by atoms with E-state index < -0.39 is 106 Å². The molecule has 12 aromatic rings. The van der Waals surface area contributed by atoms with Crippen LogP contribution in [0.15, 0.2) is 147 Å². The number of aryl methyl sites for hydroxylation is 2. The predicted octanol–water partition coefficient (Wildman–Crippen LogP) is 19.0. The highest BCUT2D eigenvalue weighted by atomic mass is 35.5. The Morgan fingerprint density at radius 3 is 1.32 bits per heavy atom. The number of carboxylic acids is 1. The summed E-state index contributed by atoms with van der Waals surface area (Å²) in [6.07, 6.45) is 12.4. The first-order chi connectivity index (χ1) is 67.0. The van der Waals surface area contributed by atoms with Crippen LogP contribution in [0, 0.1) is 29.6 Å². The van der Waals surface area contributed by atoms with Crippen molar-refractivity contribution in [3.8, 4) is 0 Å². The first kappa shape index (κ1) is 117. The van der Waals surface area contributed by atoms with Crippen LogP contribution in [0.5, 0.6) is 0 Å². The molecule has 1 spiro atoms. The Balaban J connectivity index is 0.000000212. The number of carbonyl (C=O) groups is 8. The molecule has 0 radical (unpaired) electrons. The van der Waals surface area contributed by atoms with E-state index in [1.807, 2.05) is 77.3 Å². The topological polar surface area (TPSA) is 495 Å². The molecule has 6 aliphatic rings. The Morgan fingerprint density at radius 2 is 0.917 bits per heavy atom. The lowest BCUT2D eigenvalue weighted by Gasteiger charge is -2.42. The minimum absolute atomic E-state index is 0. The number of aromatic nitrogens is 12. The Morgan fingerprint density at radius 1 is 0.538 bits per heavy atom. The lowest BCUT2D eigenvalue weighted by atomic mass is 9.86. The molecule has 5 amide bonds. The van der Waals surface area contributed by atoms with Crippen LogP contribution in [0.1, 0.15) is 198 Å². The van der Waals surface area contributed by atoms with E-state index >= 15 is 0 Å². The highest BCUT2D eigenvalue weighted by molar-refractivity contribution is 8.16. The van der Waals surface area contributed by atoms with Crippen molar-refractivity contribution in [1.29, 1.82) is 0 Å². The number of piperidine rings is 4. The molecule has 9 atom stereocenters. The maximum Gasteiger partial charge on any atom is 0.413 e. The fourth-order valence-electron chi connectivity index (χ4n) is 16.2. The molecule has 0 bridgehead atoms. The number of likely N-dealkylation sites (tertiary alicyclic amines) is 1. The SMILES string of the molecule is C.CC(CN)C1(C)OCCO1.CCc1cc(NC(=O)C(=O)N2C[C@H](C)C(F)(F)C[C@H]2c2ccc3[nH]ncc3c2)cnc1NC(=O)OC(C)(C)C.CCc1cc(NC(=O)C(=O)O)cnc1NC(=O)OC(C)(C)C.C[C@H]1CN[C@H](c2ccc3[nH]ncc3c2)CC1(F)F.C[C@H]1CN[C@H](c2ccc3[nH]ncc3c2)CC12OCCO2.C[C@H]1CN[C@H](c2ccc3[nH]ncc3c2)CC1=O.Cl.F.FS(F)(F)F.O=Cc1ccc2[nH]ncc2c1. The van der Waals surface area contributed by atoms with Gasteiger partial charge in [-0.1, -0.05) is 95.7 Å². The number of aliphatic carboxylic acids is 1. The van der Waals surface area contributed by atoms with Gasteiger partial charge in [-0.25, -0.2) is 41.9 Å². The number of carboxylic acid groups (broad SMARTS) is 1. The molecule has 13 heterocycles. The van der Waals surface area contributed by atoms with Crippen molar-refractivity contribution in [2.45, 2.75) is 202 Å². The van der Waals surface area contributed by atoms with Gasteiger partial charge in [0.25, 0.3) is 11.8 Å². The number of anilines is 4. The molecule has 18 rings (SSSR count). The number of halogens is 10. The summed E-state index contributed by atoms with van der Waals surface area (Å²) in [5.41, 5.74) is 15.1. The van der Waals surface area contributed by atoms with Crippen LogP contribution in [-0.2, 0) is 65.2 Å². The summed E-state index contributed by atoms with van der Waals surface area (Å²) in [6, 6.07) is 31.0. The lowest BCUT2D eigenvalue weighted by molar-refractivity contribution is -0.210. The number of ketones is 1. The van der Waals surface area contributed by atoms with Crippen LogP contribution < -0.4 is 43.0 Å². The zero-order chi connectivity index (χ0) is 103. The number of hydrogen-bond acceptors (Lipinski definition) is 25. The Bertz CT molecular complexity index is 6340. The van der Waals surface area contributed by atoms with Crippen LogP contribution in [0.2, 0.25) is 0 Å². The summed E-state index contributed by atoms with van der Waals surface area (Å²) >= 11 is -6.17. The number of nitrogens with two attached hydrogens (primary N) is 1. The number of H-pyrrole nitrogens is 5. The number of rotatable bonds is 13. The van der Waals surface area contributed by atoms with Crippen molar-refractivity contribution in [1.82, 2.24) is 81.8 Å². The molecule has 36 nitrogen and oxygen atoms in total. The van der Waals surface area contributed by atoms with Gasteiger partial charge in [0.1, 0.15) is 34.9 Å². The first-order valence-corrected chi connectivity index (χ1v) is 47.4. The zero-order valence-corrected chi connectivity index (χ0v) is 83.4. The van der Waals surface area contributed by atoms with Crippen molar-refractivity contribution < 1.29 is 110 Å². The number of nitrogens with zero attached hydrogens (tertiary/aromatic N) is 8. The maximum absolute atomic E-state index is 14.8. The van der Waals surface area contributed by atoms with E-state index in [1.165, 1.54) is 35.3 Å². The average molecular weight is 2080 g/mol. The Hall–Kier alpha value is -12.8. The van der Waals surface area contributed by atoms with Gasteiger partial charge < -0.3 is 70.7 Å². The molecular formula is C98H127ClF9N21O15S. The van der Waals surface area contributed by atoms with E-state index in [0.29, 0.717) is 104 Å². The standard InChI is InChI=1S/C27H32F2N6O4.C15H19N3O2.C14H19N3O5.C13H15F2N3.C13H15N3O.C8H6N2O.C7H15NO2.CH4.ClH.F4S.FH/c1-6-16-10-19(13-30-22(16)33-25(38)39-26(3,4)5)32-23(36)24(37)35-14-15(2)27(28,29)11-21(35)17-7-8-20-18(9-17)12-31-34-20;1-10-8-16-14(7-15(10)19-4-5-20-15)11-2-3-13-12(6-11)9-17-18-13;1-5-8-6-9(16-11(18)12(19)20)7-15-10(8)17-13(21)22-14(2,3)4;1-8-6-16-12(5-13(8,14)15)9-2-3-11-10(4-9)7-17-18-11;1-8-6-14-12(5-13(8)17)9-2-3-11-10(4-9)7-15-16-11;11-5-6-1-2-8-7(3-6)4-9-10-8;1-6(5-8)7(2)9-3-4-10-7;;;1-5(2,3)4;/h7-10,12-13,15,21H,6,11,14H2,1-5H3,(H,31,34)(H,32,36)(H,30,33,38);2-3,6,9-10,14,16H,4-5,7-8H2,1H3,(H,17,18);6-7H,5H2,1-4H3,(H,16,18)(H,19,20)(H,15,17,21);2-4,7-8,12,16H,5-6H2,1H3,(H,17,18);2-4,7-8,12,14H,5-6H2,1H3,(H,15,16);1-5H,(H,9,10);6H,3-5,8H2,1-2H3;1H4;1H;;1H/t15-,21-;10-,14-;;2*8-,12-;;;;;;/m00.00....../s1. The normalized spacial score (nSPS) is 20.3. The predicted molar refractivity (Wildman–Crippen MR) is 536 cm³/mol. The van der Waals surface area contributed by atoms with Gasteiger partial charge in [-0.15, -0.1) is 12.4 Å². The minimum atomic E-state index is -6.17. The largest absolute Gasteiger partial charge is 0.474 e. The molecule has 1 unspecified atom stereocenters. The van der Waals surface area contributed by atoms with Crippen LogP contribution in [0.3, 0.4) is 0 Å². The van der Waals surface area contributed by atoms with Crippen molar-refractivity contribution >= 4 is 149 Å². The molecular weight excluding hydrogens is 1950 g/mol. The highest BCUT2D eigenvalue weighted by Gasteiger charge is 2.50. The number of carbonyl (C=O) groups excluding carboxylic acids is 7. The smallest absolute Gasteiger partial charge is 0.413 e. The van der Waals surface area contributed by atoms with E-state index in [-0.39, 0.29) is 84.7 Å². The fraction of sp³-hybridized carbons (Fsp3) is 0.459. The molecule has 0 saturated carbocycles. The van der Waals surface area contributed by atoms with Gasteiger partial charge in [0.05, 0.1) is 115 Å². The van der Waals surface area contributed by atoms with Crippen molar-refractivity contribution in [3.05, 3.63) is 185 Å². The van der Waals surface area contributed by atoms with Gasteiger partial charge in [-0.2, -0.15) is 25.5 Å². The number of alkyl halides is 4. The second-order valence-electron chi connectivity index (χ2n) is 37.3. The lowest BCUT2D eigenvalue weighted by Crippen LogP contribution is -2.52. The number of ether oxygens (including phenoxy) is 6. The second-order valence-corrected chi connectivity index (χ2v) is 38.0. The third kappa shape index (κ3) is 32.9. The number of benzene rings is 5. The fourth-order valence-corrected chi connectivity index (χ4v) is 16.2. The third-order valence-electron chi connectivity index (χ3n) is 24.5. The van der Waals surface area contributed by atoms with Crippen LogP contribution in [0.25, 0.3) is 54.5 Å². The molecule has 5 aromatic carbocycles. The Labute approximate surface area is 839 Å². The number of fused-ring (bicyclic) bond motifs is 5. The number of aromatic amines is 5. The quantitative estimate of drug-likeness (QED) is 0.0290. The third-order valence-corrected chi connectivity index (χ3v) is 24.5. The molecule has 6 fully saturated rings. The van der Waals surface area contributed by atoms with Gasteiger partial charge in [-0.05, 0) is 180 Å². The number of aldehydes is 1. The average Bonchev–Trinajstić information content (AvgIpc) is 1.61. The molecule has 7 aromatic heterocycles. The van der Waals surface area contributed by atoms with E-state index in [4.69, 9.17) is 39.3 Å². The van der Waals surface area contributed by atoms with E-state index in [9.17, 15) is 71.5 Å². The molecule has 6 saturated heterocycles. The highest BCUT2D eigenvalue weighted by Crippen LogP contribution is 2.54. The molecule has 145 heavy (non-hydrogen) atoms. The summed E-state index contributed by atoms with van der Waals surface area (Å²) in [6.45, 7) is 30.3. The number of Topliss-reactive ketones (excluding diaryl/α,β-unsaturated/α-hetero) is 1. The number of amides is 5. The van der Waals surface area contributed by atoms with Crippen LogP contribution in [-0.4, -0.2) is 213 Å². The van der Waals surface area contributed by atoms with E-state index in [2.05, 4.69) is 135 Å². The minimum Gasteiger partial charge on any atom is -0.474 e. The van der Waals surface area contributed by atoms with Crippen LogP contribution >= 0.6 is 24.0 Å². The van der Waals surface area contributed by atoms with Crippen molar-refractivity contribution in [3.63, 3.8) is 0 Å². The number of pyridine rings is 2. The van der Waals surface area contributed by atoms with E-state index in [0.717, 1.165) is 80.5 Å². The summed E-state index contributed by atoms with van der Waals surface area (Å²) in [5.74, 6) is -11.1. The van der Waals surface area contributed by atoms with Gasteiger partial charge in [0.15, 0.2) is 11.6 Å². The molecule has 0 aliphatic carbocycles. The molecule has 6 aliphatic heterocycles. The second kappa shape index (κ2) is 51.3. The first-order valence-electron chi connectivity index (χ1n) is 46.2.